The first-order chi connectivity index (χ1) is 9.39. The smallest absolute Gasteiger partial charge is 0.271 e. The van der Waals surface area contributed by atoms with Crippen LogP contribution < -0.4 is 5.43 Å². The molecule has 0 heterocycles. The topological polar surface area (TPSA) is 81.9 Å². The van der Waals surface area contributed by atoms with Crippen LogP contribution in [0.5, 0.6) is 5.75 Å². The quantitative estimate of drug-likeness (QED) is 0.588. The summed E-state index contributed by atoms with van der Waals surface area (Å²) in [5.74, 6) is -0.543. The number of phenols is 1. The average Bonchev–Trinajstić information content (AvgIpc) is 2.40. The summed E-state index contributed by atoms with van der Waals surface area (Å²) in [6.07, 6.45) is 1.36. The Labute approximate surface area is 116 Å². The second-order valence-corrected chi connectivity index (χ2v) is 4.98. The van der Waals surface area contributed by atoms with Crippen molar-refractivity contribution in [2.24, 2.45) is 5.10 Å². The maximum Gasteiger partial charge on any atom is 0.271 e. The van der Waals surface area contributed by atoms with E-state index in [4.69, 9.17) is 0 Å². The van der Waals surface area contributed by atoms with Gasteiger partial charge in [0.1, 0.15) is 11.4 Å². The molecule has 0 unspecified atom stereocenters. The van der Waals surface area contributed by atoms with Gasteiger partial charge in [-0.2, -0.15) is 5.10 Å². The number of fused-ring (bicyclic) bond motifs is 1. The minimum Gasteiger partial charge on any atom is -0.507 e. The van der Waals surface area contributed by atoms with Gasteiger partial charge in [-0.3, -0.25) is 4.79 Å². The van der Waals surface area contributed by atoms with Crippen molar-refractivity contribution in [3.8, 4) is 5.75 Å². The van der Waals surface area contributed by atoms with Crippen molar-refractivity contribution in [3.05, 3.63) is 42.0 Å². The zero-order valence-electron chi connectivity index (χ0n) is 11.3. The van der Waals surface area contributed by atoms with Gasteiger partial charge in [0.15, 0.2) is 0 Å². The summed E-state index contributed by atoms with van der Waals surface area (Å²) in [5, 5.41) is 24.9. The van der Waals surface area contributed by atoms with E-state index in [-0.39, 0.29) is 5.75 Å². The largest absolute Gasteiger partial charge is 0.507 e. The molecule has 0 bridgehead atoms. The average molecular weight is 272 g/mol. The Kier molecular flexibility index (Phi) is 3.72. The van der Waals surface area contributed by atoms with Gasteiger partial charge in [0.25, 0.3) is 5.91 Å². The van der Waals surface area contributed by atoms with E-state index in [1.807, 2.05) is 24.3 Å². The summed E-state index contributed by atoms with van der Waals surface area (Å²) < 4.78 is 0. The first-order valence-electron chi connectivity index (χ1n) is 6.16. The van der Waals surface area contributed by atoms with Crippen LogP contribution >= 0.6 is 0 Å². The molecule has 0 aliphatic heterocycles. The Hall–Kier alpha value is -2.40. The van der Waals surface area contributed by atoms with E-state index < -0.39 is 11.5 Å². The Balaban J connectivity index is 2.30. The fourth-order valence-electron chi connectivity index (χ4n) is 1.71. The monoisotopic (exact) mass is 272 g/mol. The van der Waals surface area contributed by atoms with E-state index in [2.05, 4.69) is 10.5 Å². The molecule has 0 aliphatic carbocycles. The second kappa shape index (κ2) is 5.30. The number of nitrogens with one attached hydrogen (secondary N) is 1. The van der Waals surface area contributed by atoms with Crippen LogP contribution in [-0.4, -0.2) is 27.9 Å². The van der Waals surface area contributed by atoms with Crippen LogP contribution in [0.1, 0.15) is 19.4 Å². The molecule has 20 heavy (non-hydrogen) atoms. The molecule has 0 saturated carbocycles. The molecular formula is C15H16N2O3. The number of hydrazone groups is 1. The number of aliphatic hydroxyl groups is 1. The van der Waals surface area contributed by atoms with Gasteiger partial charge in [-0.05, 0) is 30.7 Å². The summed E-state index contributed by atoms with van der Waals surface area (Å²) >= 11 is 0. The van der Waals surface area contributed by atoms with Crippen molar-refractivity contribution < 1.29 is 15.0 Å². The van der Waals surface area contributed by atoms with Gasteiger partial charge in [-0.15, -0.1) is 0 Å². The molecule has 0 aromatic heterocycles. The normalized spacial score (nSPS) is 11.9. The van der Waals surface area contributed by atoms with Crippen LogP contribution in [0.25, 0.3) is 10.8 Å². The Bertz CT molecular complexity index is 672. The van der Waals surface area contributed by atoms with Crippen LogP contribution in [0.15, 0.2) is 41.5 Å². The highest BCUT2D eigenvalue weighted by molar-refractivity contribution is 6.02. The van der Waals surface area contributed by atoms with Crippen molar-refractivity contribution in [2.75, 3.05) is 0 Å². The van der Waals surface area contributed by atoms with Gasteiger partial charge < -0.3 is 10.2 Å². The Morgan fingerprint density at radius 1 is 1.25 bits per heavy atom. The third kappa shape index (κ3) is 2.95. The van der Waals surface area contributed by atoms with E-state index in [1.165, 1.54) is 20.1 Å². The predicted octanol–water partition coefficient (Wildman–Crippen LogP) is 1.77. The molecule has 1 amide bonds. The Morgan fingerprint density at radius 2 is 1.95 bits per heavy atom. The highest BCUT2D eigenvalue weighted by Gasteiger charge is 2.22. The fourth-order valence-corrected chi connectivity index (χ4v) is 1.71. The number of hydrogen-bond donors (Lipinski definition) is 3. The number of phenolic OH excluding ortho intramolecular Hbond substituents is 1. The van der Waals surface area contributed by atoms with Crippen molar-refractivity contribution in [3.63, 3.8) is 0 Å². The van der Waals surface area contributed by atoms with E-state index in [9.17, 15) is 15.0 Å². The minimum absolute atomic E-state index is 0.0740. The number of carbonyl (C=O) groups excluding carboxylic acids is 1. The first kappa shape index (κ1) is 14.0. The highest BCUT2D eigenvalue weighted by atomic mass is 16.3. The SMILES string of the molecule is CC(C)(O)C(=O)NN=Cc1c(O)ccc2ccccc12. The lowest BCUT2D eigenvalue weighted by Gasteiger charge is -2.13. The van der Waals surface area contributed by atoms with Gasteiger partial charge in [-0.25, -0.2) is 5.43 Å². The lowest BCUT2D eigenvalue weighted by molar-refractivity contribution is -0.136. The van der Waals surface area contributed by atoms with Gasteiger partial charge in [0, 0.05) is 5.56 Å². The number of amides is 1. The third-order valence-electron chi connectivity index (χ3n) is 2.86. The molecule has 2 aromatic rings. The molecule has 0 radical (unpaired) electrons. The predicted molar refractivity (Wildman–Crippen MR) is 77.6 cm³/mol. The standard InChI is InChI=1S/C15H16N2O3/c1-15(2,20)14(19)17-16-9-12-11-6-4-3-5-10(11)7-8-13(12)18/h3-9,18,20H,1-2H3,(H,17,19). The van der Waals surface area contributed by atoms with Crippen LogP contribution in [0.3, 0.4) is 0 Å². The van der Waals surface area contributed by atoms with Crippen molar-refractivity contribution in [2.45, 2.75) is 19.4 Å². The molecule has 5 nitrogen and oxygen atoms in total. The zero-order valence-corrected chi connectivity index (χ0v) is 11.3. The van der Waals surface area contributed by atoms with Gasteiger partial charge in [-0.1, -0.05) is 30.3 Å². The molecule has 0 spiro atoms. The molecule has 0 aliphatic rings. The van der Waals surface area contributed by atoms with Crippen molar-refractivity contribution in [1.29, 1.82) is 0 Å². The summed E-state index contributed by atoms with van der Waals surface area (Å²) in [4.78, 5) is 11.5. The number of carbonyl (C=O) groups is 1. The lowest BCUT2D eigenvalue weighted by Crippen LogP contribution is -2.39. The molecule has 2 rings (SSSR count). The third-order valence-corrected chi connectivity index (χ3v) is 2.86. The molecular weight excluding hydrogens is 256 g/mol. The molecule has 3 N–H and O–H groups in total. The molecule has 0 fully saturated rings. The molecule has 2 aromatic carbocycles. The summed E-state index contributed by atoms with van der Waals surface area (Å²) in [6, 6.07) is 10.9. The highest BCUT2D eigenvalue weighted by Crippen LogP contribution is 2.25. The fraction of sp³-hybridized carbons (Fsp3) is 0.200. The second-order valence-electron chi connectivity index (χ2n) is 4.98. The summed E-state index contributed by atoms with van der Waals surface area (Å²) in [6.45, 7) is 2.74. The number of aromatic hydroxyl groups is 1. The number of hydrogen-bond acceptors (Lipinski definition) is 4. The molecule has 0 atom stereocenters. The number of rotatable bonds is 3. The van der Waals surface area contributed by atoms with Gasteiger partial charge >= 0.3 is 0 Å². The first-order valence-corrected chi connectivity index (χ1v) is 6.16. The van der Waals surface area contributed by atoms with E-state index in [0.717, 1.165) is 10.8 Å². The maximum absolute atomic E-state index is 11.5. The van der Waals surface area contributed by atoms with Gasteiger partial charge in [0.2, 0.25) is 0 Å². The van der Waals surface area contributed by atoms with Gasteiger partial charge in [0.05, 0.1) is 6.21 Å². The van der Waals surface area contributed by atoms with Crippen molar-refractivity contribution in [1.82, 2.24) is 5.43 Å². The van der Waals surface area contributed by atoms with E-state index >= 15 is 0 Å². The zero-order chi connectivity index (χ0) is 14.8. The summed E-state index contributed by atoms with van der Waals surface area (Å²) in [7, 11) is 0. The summed E-state index contributed by atoms with van der Waals surface area (Å²) in [5.41, 5.74) is 1.24. The van der Waals surface area contributed by atoms with Crippen LogP contribution in [-0.2, 0) is 4.79 Å². The van der Waals surface area contributed by atoms with Crippen molar-refractivity contribution >= 4 is 22.9 Å². The number of nitrogens with zero attached hydrogens (tertiary/aromatic N) is 1. The molecule has 104 valence electrons. The van der Waals surface area contributed by atoms with Crippen LogP contribution in [0.2, 0.25) is 0 Å². The van der Waals surface area contributed by atoms with Crippen LogP contribution in [0.4, 0.5) is 0 Å². The molecule has 0 saturated heterocycles. The van der Waals surface area contributed by atoms with E-state index in [1.54, 1.807) is 12.1 Å². The minimum atomic E-state index is -1.50. The lowest BCUT2D eigenvalue weighted by atomic mass is 10.0. The maximum atomic E-state index is 11.5. The number of benzene rings is 2. The molecule has 5 heteroatoms. The van der Waals surface area contributed by atoms with E-state index in [0.29, 0.717) is 5.56 Å². The Morgan fingerprint density at radius 3 is 2.65 bits per heavy atom. The van der Waals surface area contributed by atoms with Crippen LogP contribution in [0, 0.1) is 0 Å².